The lowest BCUT2D eigenvalue weighted by Gasteiger charge is -2.32. The van der Waals surface area contributed by atoms with Gasteiger partial charge in [-0.05, 0) is 51.2 Å². The highest BCUT2D eigenvalue weighted by Gasteiger charge is 2.23. The summed E-state index contributed by atoms with van der Waals surface area (Å²) < 4.78 is 2.25. The Morgan fingerprint density at radius 2 is 1.87 bits per heavy atom. The zero-order valence-corrected chi connectivity index (χ0v) is 14.0. The Balaban J connectivity index is 1.49. The third-order valence-corrected chi connectivity index (χ3v) is 5.05. The van der Waals surface area contributed by atoms with Crippen LogP contribution in [0.15, 0.2) is 36.7 Å². The average molecular weight is 311 g/mol. The van der Waals surface area contributed by atoms with Crippen molar-refractivity contribution in [1.82, 2.24) is 14.5 Å². The summed E-state index contributed by atoms with van der Waals surface area (Å²) in [5.74, 6) is 0.877. The number of rotatable bonds is 4. The molecule has 0 aliphatic carbocycles. The number of aromatic nitrogens is 2. The third-order valence-electron chi connectivity index (χ3n) is 5.05. The molecular formula is C19H25N3O. The van der Waals surface area contributed by atoms with Gasteiger partial charge in [0.1, 0.15) is 0 Å². The van der Waals surface area contributed by atoms with Crippen LogP contribution in [0.1, 0.15) is 41.0 Å². The van der Waals surface area contributed by atoms with Crippen molar-refractivity contribution >= 4 is 5.91 Å². The molecule has 2 aromatic rings. The zero-order chi connectivity index (χ0) is 16.2. The standard InChI is InChI=1S/C19H25N3O/c1-15-16(2)22(14-20-15)13-10-17-8-11-21(12-9-17)19(23)18-6-4-3-5-7-18/h3-7,14,17H,8-13H2,1-2H3. The number of piperidine rings is 1. The first-order valence-electron chi connectivity index (χ1n) is 8.48. The molecule has 1 saturated heterocycles. The van der Waals surface area contributed by atoms with E-state index in [1.807, 2.05) is 41.6 Å². The van der Waals surface area contributed by atoms with Crippen LogP contribution in [-0.2, 0) is 6.54 Å². The van der Waals surface area contributed by atoms with Crippen molar-refractivity contribution in [2.45, 2.75) is 39.7 Å². The Kier molecular flexibility index (Phi) is 4.79. The molecule has 0 atom stereocenters. The van der Waals surface area contributed by atoms with E-state index in [-0.39, 0.29) is 5.91 Å². The topological polar surface area (TPSA) is 38.1 Å². The molecule has 3 rings (SSSR count). The molecule has 1 aromatic carbocycles. The summed E-state index contributed by atoms with van der Waals surface area (Å²) in [6.07, 6.45) is 5.32. The van der Waals surface area contributed by atoms with Gasteiger partial charge in [0.05, 0.1) is 12.0 Å². The Bertz CT molecular complexity index is 655. The minimum atomic E-state index is 0.171. The number of carbonyl (C=O) groups excluding carboxylic acids is 1. The van der Waals surface area contributed by atoms with Gasteiger partial charge in [-0.15, -0.1) is 0 Å². The van der Waals surface area contributed by atoms with Gasteiger partial charge >= 0.3 is 0 Å². The molecule has 1 aliphatic heterocycles. The van der Waals surface area contributed by atoms with E-state index in [9.17, 15) is 4.79 Å². The van der Waals surface area contributed by atoms with E-state index in [0.717, 1.165) is 43.7 Å². The van der Waals surface area contributed by atoms with Crippen LogP contribution >= 0.6 is 0 Å². The molecule has 0 N–H and O–H groups in total. The number of nitrogens with zero attached hydrogens (tertiary/aromatic N) is 3. The summed E-state index contributed by atoms with van der Waals surface area (Å²) in [5.41, 5.74) is 3.19. The van der Waals surface area contributed by atoms with Crippen molar-refractivity contribution in [3.63, 3.8) is 0 Å². The number of amides is 1. The van der Waals surface area contributed by atoms with Crippen LogP contribution in [-0.4, -0.2) is 33.4 Å². The molecule has 23 heavy (non-hydrogen) atoms. The molecule has 4 heteroatoms. The quantitative estimate of drug-likeness (QED) is 0.867. The summed E-state index contributed by atoms with van der Waals surface area (Å²) in [5, 5.41) is 0. The summed E-state index contributed by atoms with van der Waals surface area (Å²) in [6, 6.07) is 9.60. The molecule has 0 saturated carbocycles. The fraction of sp³-hybridized carbons (Fsp3) is 0.474. The summed E-state index contributed by atoms with van der Waals surface area (Å²) in [4.78, 5) is 18.8. The second-order valence-electron chi connectivity index (χ2n) is 6.50. The molecule has 122 valence electrons. The van der Waals surface area contributed by atoms with E-state index in [1.165, 1.54) is 12.1 Å². The first-order chi connectivity index (χ1) is 11.1. The van der Waals surface area contributed by atoms with E-state index in [2.05, 4.69) is 23.4 Å². The number of hydrogen-bond donors (Lipinski definition) is 0. The van der Waals surface area contributed by atoms with Crippen molar-refractivity contribution in [3.05, 3.63) is 53.6 Å². The smallest absolute Gasteiger partial charge is 0.253 e. The van der Waals surface area contributed by atoms with Crippen molar-refractivity contribution < 1.29 is 4.79 Å². The fourth-order valence-electron chi connectivity index (χ4n) is 3.28. The first kappa shape index (κ1) is 15.8. The molecule has 0 bridgehead atoms. The van der Waals surface area contributed by atoms with Gasteiger partial charge in [-0.1, -0.05) is 18.2 Å². The molecule has 1 fully saturated rings. The SMILES string of the molecule is Cc1ncn(CCC2CCN(C(=O)c3ccccc3)CC2)c1C. The minimum absolute atomic E-state index is 0.171. The van der Waals surface area contributed by atoms with Crippen LogP contribution in [0.25, 0.3) is 0 Å². The maximum absolute atomic E-state index is 12.4. The second-order valence-corrected chi connectivity index (χ2v) is 6.50. The maximum Gasteiger partial charge on any atom is 0.253 e. The van der Waals surface area contributed by atoms with Gasteiger partial charge in [0.2, 0.25) is 0 Å². The largest absolute Gasteiger partial charge is 0.339 e. The maximum atomic E-state index is 12.4. The van der Waals surface area contributed by atoms with Gasteiger partial charge < -0.3 is 9.47 Å². The minimum Gasteiger partial charge on any atom is -0.339 e. The Morgan fingerprint density at radius 3 is 2.48 bits per heavy atom. The predicted octanol–water partition coefficient (Wildman–Crippen LogP) is 3.44. The highest BCUT2D eigenvalue weighted by Crippen LogP contribution is 2.23. The van der Waals surface area contributed by atoms with Gasteiger partial charge in [0.25, 0.3) is 5.91 Å². The lowest BCUT2D eigenvalue weighted by atomic mass is 9.93. The van der Waals surface area contributed by atoms with E-state index in [4.69, 9.17) is 0 Å². The highest BCUT2D eigenvalue weighted by atomic mass is 16.2. The lowest BCUT2D eigenvalue weighted by Crippen LogP contribution is -2.38. The summed E-state index contributed by atoms with van der Waals surface area (Å²) in [7, 11) is 0. The van der Waals surface area contributed by atoms with Crippen LogP contribution in [0.3, 0.4) is 0 Å². The number of benzene rings is 1. The Morgan fingerprint density at radius 1 is 1.17 bits per heavy atom. The molecule has 2 heterocycles. The molecule has 0 spiro atoms. The third kappa shape index (κ3) is 3.63. The lowest BCUT2D eigenvalue weighted by molar-refractivity contribution is 0.0685. The van der Waals surface area contributed by atoms with E-state index < -0.39 is 0 Å². The molecule has 0 radical (unpaired) electrons. The highest BCUT2D eigenvalue weighted by molar-refractivity contribution is 5.94. The van der Waals surface area contributed by atoms with Gasteiger partial charge in [0, 0.05) is 30.9 Å². The van der Waals surface area contributed by atoms with Crippen LogP contribution in [0.4, 0.5) is 0 Å². The number of imidazole rings is 1. The number of aryl methyl sites for hydroxylation is 2. The van der Waals surface area contributed by atoms with Gasteiger partial charge in [0.15, 0.2) is 0 Å². The monoisotopic (exact) mass is 311 g/mol. The van der Waals surface area contributed by atoms with Gasteiger partial charge in [-0.2, -0.15) is 0 Å². The molecule has 1 aliphatic rings. The van der Waals surface area contributed by atoms with E-state index in [0.29, 0.717) is 5.92 Å². The first-order valence-corrected chi connectivity index (χ1v) is 8.48. The van der Waals surface area contributed by atoms with Crippen LogP contribution in [0.5, 0.6) is 0 Å². The van der Waals surface area contributed by atoms with Crippen LogP contribution < -0.4 is 0 Å². The Hall–Kier alpha value is -2.10. The van der Waals surface area contributed by atoms with Crippen LogP contribution in [0, 0.1) is 19.8 Å². The molecular weight excluding hydrogens is 286 g/mol. The molecule has 1 amide bonds. The van der Waals surface area contributed by atoms with E-state index in [1.54, 1.807) is 0 Å². The molecule has 1 aromatic heterocycles. The number of likely N-dealkylation sites (tertiary alicyclic amines) is 1. The predicted molar refractivity (Wildman–Crippen MR) is 91.4 cm³/mol. The normalized spacial score (nSPS) is 15.8. The average Bonchev–Trinajstić information content (AvgIpc) is 2.92. The number of hydrogen-bond acceptors (Lipinski definition) is 2. The van der Waals surface area contributed by atoms with Crippen molar-refractivity contribution in [1.29, 1.82) is 0 Å². The van der Waals surface area contributed by atoms with E-state index >= 15 is 0 Å². The second kappa shape index (κ2) is 6.99. The van der Waals surface area contributed by atoms with Gasteiger partial charge in [-0.25, -0.2) is 4.98 Å². The fourth-order valence-corrected chi connectivity index (χ4v) is 3.28. The number of carbonyl (C=O) groups is 1. The Labute approximate surface area is 138 Å². The summed E-state index contributed by atoms with van der Waals surface area (Å²) >= 11 is 0. The molecule has 0 unspecified atom stereocenters. The molecule has 4 nitrogen and oxygen atoms in total. The zero-order valence-electron chi connectivity index (χ0n) is 14.0. The van der Waals surface area contributed by atoms with Crippen molar-refractivity contribution in [2.24, 2.45) is 5.92 Å². The van der Waals surface area contributed by atoms with Gasteiger partial charge in [-0.3, -0.25) is 4.79 Å². The van der Waals surface area contributed by atoms with Crippen molar-refractivity contribution in [2.75, 3.05) is 13.1 Å². The summed E-state index contributed by atoms with van der Waals surface area (Å²) in [6.45, 7) is 6.97. The van der Waals surface area contributed by atoms with Crippen LogP contribution in [0.2, 0.25) is 0 Å². The van der Waals surface area contributed by atoms with Crippen molar-refractivity contribution in [3.8, 4) is 0 Å².